The van der Waals surface area contributed by atoms with E-state index in [9.17, 15) is 9.59 Å². The number of benzene rings is 2. The Balaban J connectivity index is 1.64. The highest BCUT2D eigenvalue weighted by molar-refractivity contribution is 5.79. The van der Waals surface area contributed by atoms with Crippen molar-refractivity contribution in [2.75, 3.05) is 13.6 Å². The van der Waals surface area contributed by atoms with Crippen LogP contribution in [0.5, 0.6) is 5.75 Å². The van der Waals surface area contributed by atoms with Gasteiger partial charge in [-0.05, 0) is 74.4 Å². The van der Waals surface area contributed by atoms with Crippen molar-refractivity contribution in [2.45, 2.75) is 46.1 Å². The Morgan fingerprint density at radius 1 is 1.07 bits per heavy atom. The first-order chi connectivity index (χ1) is 13.9. The van der Waals surface area contributed by atoms with E-state index in [1.165, 1.54) is 11.1 Å². The highest BCUT2D eigenvalue weighted by atomic mass is 16.6. The highest BCUT2D eigenvalue weighted by Gasteiger charge is 2.34. The van der Waals surface area contributed by atoms with Gasteiger partial charge in [0.2, 0.25) is 5.91 Å². The number of nitrogens with one attached hydrogen (secondary N) is 1. The molecular weight excluding hydrogens is 364 g/mol. The van der Waals surface area contributed by atoms with Gasteiger partial charge in [-0.2, -0.15) is 0 Å². The molecule has 0 heterocycles. The molecule has 0 radical (unpaired) electrons. The zero-order valence-electron chi connectivity index (χ0n) is 17.7. The number of aryl methyl sites for hydroxylation is 2. The van der Waals surface area contributed by atoms with Crippen LogP contribution in [0, 0.1) is 19.8 Å². The molecule has 1 fully saturated rings. The summed E-state index contributed by atoms with van der Waals surface area (Å²) in [5.41, 5.74) is 4.59. The first-order valence-electron chi connectivity index (χ1n) is 10.3. The number of carbonyl (C=O) groups excluding carboxylic acids is 2. The third-order valence-electron chi connectivity index (χ3n) is 5.80. The van der Waals surface area contributed by atoms with Gasteiger partial charge in [-0.25, -0.2) is 4.79 Å². The van der Waals surface area contributed by atoms with Gasteiger partial charge in [0.15, 0.2) is 0 Å². The van der Waals surface area contributed by atoms with Gasteiger partial charge in [0.05, 0.1) is 0 Å². The fourth-order valence-electron chi connectivity index (χ4n) is 4.06. The Kier molecular flexibility index (Phi) is 6.57. The van der Waals surface area contributed by atoms with Crippen LogP contribution < -0.4 is 10.1 Å². The molecule has 5 nitrogen and oxygen atoms in total. The van der Waals surface area contributed by atoms with Gasteiger partial charge >= 0.3 is 6.09 Å². The molecule has 0 aromatic heterocycles. The topological polar surface area (TPSA) is 58.6 Å². The largest absolute Gasteiger partial charge is 0.415 e. The molecule has 0 unspecified atom stereocenters. The van der Waals surface area contributed by atoms with Crippen LogP contribution in [0.2, 0.25) is 0 Å². The van der Waals surface area contributed by atoms with Crippen molar-refractivity contribution in [1.82, 2.24) is 10.2 Å². The molecule has 1 saturated carbocycles. The van der Waals surface area contributed by atoms with Crippen molar-refractivity contribution in [3.63, 3.8) is 0 Å². The minimum absolute atomic E-state index is 0.0224. The second-order valence-corrected chi connectivity index (χ2v) is 7.83. The number of hydrogen-bond acceptors (Lipinski definition) is 3. The number of hydrogen-bond donors (Lipinski definition) is 1. The lowest BCUT2D eigenvalue weighted by Crippen LogP contribution is -2.38. The standard InChI is InChI=1S/C24H30N2O3/c1-5-25-23(27)18-10-11-19(15-18)26(4)24(28)29-20-12-13-22(17(3)14-20)21-9-7-6-8-16(21)2/h6-9,12-14,18-19H,5,10-11,15H2,1-4H3,(H,25,27)/t18-,19+/m0/s1. The Morgan fingerprint density at radius 2 is 1.79 bits per heavy atom. The molecule has 3 rings (SSSR count). The summed E-state index contributed by atoms with van der Waals surface area (Å²) in [7, 11) is 1.75. The molecule has 1 aliphatic rings. The van der Waals surface area contributed by atoms with Crippen molar-refractivity contribution in [2.24, 2.45) is 5.92 Å². The van der Waals surface area contributed by atoms with Crippen molar-refractivity contribution < 1.29 is 14.3 Å². The average Bonchev–Trinajstić information content (AvgIpc) is 3.19. The van der Waals surface area contributed by atoms with E-state index in [-0.39, 0.29) is 24.0 Å². The fourth-order valence-corrected chi connectivity index (χ4v) is 4.06. The number of nitrogens with zero attached hydrogens (tertiary/aromatic N) is 1. The van der Waals surface area contributed by atoms with Crippen LogP contribution in [0.3, 0.4) is 0 Å². The van der Waals surface area contributed by atoms with E-state index in [1.54, 1.807) is 11.9 Å². The van der Waals surface area contributed by atoms with Gasteiger partial charge in [0, 0.05) is 25.6 Å². The molecule has 1 N–H and O–H groups in total. The molecular formula is C24H30N2O3. The third-order valence-corrected chi connectivity index (χ3v) is 5.80. The van der Waals surface area contributed by atoms with E-state index < -0.39 is 0 Å². The zero-order chi connectivity index (χ0) is 21.0. The molecule has 0 saturated heterocycles. The minimum atomic E-state index is -0.380. The molecule has 0 aliphatic heterocycles. The Morgan fingerprint density at radius 3 is 2.48 bits per heavy atom. The van der Waals surface area contributed by atoms with Crippen LogP contribution in [0.25, 0.3) is 11.1 Å². The van der Waals surface area contributed by atoms with E-state index in [1.807, 2.05) is 44.2 Å². The smallest absolute Gasteiger partial charge is 0.410 e. The maximum atomic E-state index is 12.6. The van der Waals surface area contributed by atoms with E-state index in [2.05, 4.69) is 24.4 Å². The van der Waals surface area contributed by atoms with Gasteiger partial charge in [-0.1, -0.05) is 30.3 Å². The van der Waals surface area contributed by atoms with Gasteiger partial charge in [-0.3, -0.25) is 4.79 Å². The van der Waals surface area contributed by atoms with Gasteiger partial charge in [-0.15, -0.1) is 0 Å². The summed E-state index contributed by atoms with van der Waals surface area (Å²) in [4.78, 5) is 26.3. The molecule has 0 spiro atoms. The Hall–Kier alpha value is -2.82. The summed E-state index contributed by atoms with van der Waals surface area (Å²) < 4.78 is 5.62. The second-order valence-electron chi connectivity index (χ2n) is 7.83. The van der Waals surface area contributed by atoms with E-state index in [0.717, 1.165) is 24.0 Å². The highest BCUT2D eigenvalue weighted by Crippen LogP contribution is 2.31. The number of rotatable bonds is 5. The third kappa shape index (κ3) is 4.78. The van der Waals surface area contributed by atoms with E-state index in [4.69, 9.17) is 4.74 Å². The molecule has 154 valence electrons. The summed E-state index contributed by atoms with van der Waals surface area (Å²) in [6.07, 6.45) is 1.93. The summed E-state index contributed by atoms with van der Waals surface area (Å²) >= 11 is 0. The van der Waals surface area contributed by atoms with Gasteiger partial charge in [0.25, 0.3) is 0 Å². The van der Waals surface area contributed by atoms with Crippen molar-refractivity contribution in [3.05, 3.63) is 53.6 Å². The normalized spacial score (nSPS) is 18.3. The van der Waals surface area contributed by atoms with Crippen LogP contribution in [0.15, 0.2) is 42.5 Å². The maximum Gasteiger partial charge on any atom is 0.415 e. The first-order valence-corrected chi connectivity index (χ1v) is 10.3. The quantitative estimate of drug-likeness (QED) is 0.799. The summed E-state index contributed by atoms with van der Waals surface area (Å²) in [5, 5.41) is 2.87. The van der Waals surface area contributed by atoms with Crippen LogP contribution >= 0.6 is 0 Å². The predicted molar refractivity (Wildman–Crippen MR) is 115 cm³/mol. The first kappa shape index (κ1) is 20.9. The van der Waals surface area contributed by atoms with Crippen LogP contribution in [0.4, 0.5) is 4.79 Å². The van der Waals surface area contributed by atoms with Crippen LogP contribution in [0.1, 0.15) is 37.3 Å². The SMILES string of the molecule is CCNC(=O)[C@H]1CC[C@@H](N(C)C(=O)Oc2ccc(-c3ccccc3C)c(C)c2)C1. The molecule has 2 aromatic rings. The van der Waals surface area contributed by atoms with Gasteiger partial charge < -0.3 is 15.0 Å². The van der Waals surface area contributed by atoms with Crippen LogP contribution in [-0.2, 0) is 4.79 Å². The lowest BCUT2D eigenvalue weighted by Gasteiger charge is -2.24. The van der Waals surface area contributed by atoms with Crippen molar-refractivity contribution >= 4 is 12.0 Å². The van der Waals surface area contributed by atoms with Crippen molar-refractivity contribution in [1.29, 1.82) is 0 Å². The number of carbonyl (C=O) groups is 2. The molecule has 5 heteroatoms. The number of amides is 2. The van der Waals surface area contributed by atoms with Crippen molar-refractivity contribution in [3.8, 4) is 16.9 Å². The lowest BCUT2D eigenvalue weighted by molar-refractivity contribution is -0.124. The fraction of sp³-hybridized carbons (Fsp3) is 0.417. The minimum Gasteiger partial charge on any atom is -0.410 e. The summed E-state index contributed by atoms with van der Waals surface area (Å²) in [5.74, 6) is 0.597. The van der Waals surface area contributed by atoms with Crippen LogP contribution in [-0.4, -0.2) is 36.5 Å². The summed E-state index contributed by atoms with van der Waals surface area (Å²) in [6.45, 7) is 6.67. The van der Waals surface area contributed by atoms with E-state index >= 15 is 0 Å². The molecule has 2 atom stereocenters. The molecule has 0 bridgehead atoms. The average molecular weight is 395 g/mol. The Labute approximate surface area is 173 Å². The molecule has 29 heavy (non-hydrogen) atoms. The zero-order valence-corrected chi connectivity index (χ0v) is 17.7. The van der Waals surface area contributed by atoms with E-state index in [0.29, 0.717) is 18.7 Å². The monoisotopic (exact) mass is 394 g/mol. The molecule has 2 amide bonds. The predicted octanol–water partition coefficient (Wildman–Crippen LogP) is 4.71. The Bertz CT molecular complexity index is 893. The maximum absolute atomic E-state index is 12.6. The molecule has 2 aromatic carbocycles. The lowest BCUT2D eigenvalue weighted by atomic mass is 9.97. The molecule has 1 aliphatic carbocycles. The second kappa shape index (κ2) is 9.12. The number of ether oxygens (including phenoxy) is 1. The van der Waals surface area contributed by atoms with Gasteiger partial charge in [0.1, 0.15) is 5.75 Å². The summed E-state index contributed by atoms with van der Waals surface area (Å²) in [6, 6.07) is 14.0.